The van der Waals surface area contributed by atoms with E-state index >= 15 is 0 Å². The Hall–Kier alpha value is -0.220. The molecule has 0 atom stereocenters. The second-order valence-electron chi connectivity index (χ2n) is 2.99. The number of nitrogen functional groups attached to an aromatic ring is 1. The van der Waals surface area contributed by atoms with Crippen LogP contribution in [-0.4, -0.2) is 16.5 Å². The molecule has 0 amide bonds. The number of nitrogens with zero attached hydrogens (tertiary/aromatic N) is 1. The highest BCUT2D eigenvalue weighted by Gasteiger charge is 2.17. The summed E-state index contributed by atoms with van der Waals surface area (Å²) in [6.07, 6.45) is 4.54. The maximum Gasteiger partial charge on any atom is 0.180 e. The molecular formula is C8H12N2S2. The largest absolute Gasteiger partial charge is 0.375 e. The lowest BCUT2D eigenvalue weighted by Crippen LogP contribution is -2.05. The first-order valence-electron chi connectivity index (χ1n) is 4.15. The second-order valence-corrected chi connectivity index (χ2v) is 5.31. The van der Waals surface area contributed by atoms with E-state index in [-0.39, 0.29) is 0 Å². The van der Waals surface area contributed by atoms with Crippen LogP contribution in [0.5, 0.6) is 0 Å². The quantitative estimate of drug-likeness (QED) is 0.756. The van der Waals surface area contributed by atoms with Crippen molar-refractivity contribution < 1.29 is 0 Å². The van der Waals surface area contributed by atoms with Gasteiger partial charge in [-0.25, -0.2) is 4.98 Å². The third-order valence-electron chi connectivity index (χ3n) is 2.17. The first-order chi connectivity index (χ1) is 5.86. The van der Waals surface area contributed by atoms with Gasteiger partial charge in [0.1, 0.15) is 0 Å². The Morgan fingerprint density at radius 1 is 1.42 bits per heavy atom. The van der Waals surface area contributed by atoms with Crippen LogP contribution in [0, 0.1) is 0 Å². The van der Waals surface area contributed by atoms with Gasteiger partial charge >= 0.3 is 0 Å². The van der Waals surface area contributed by atoms with Gasteiger partial charge in [-0.15, -0.1) is 11.3 Å². The number of hydrogen-bond acceptors (Lipinski definition) is 4. The summed E-state index contributed by atoms with van der Waals surface area (Å²) in [6, 6.07) is 0. The Balaban J connectivity index is 2.08. The minimum atomic E-state index is 0.711. The molecule has 12 heavy (non-hydrogen) atoms. The molecule has 2 heterocycles. The number of hydrogen-bond donors (Lipinski definition) is 1. The van der Waals surface area contributed by atoms with Crippen molar-refractivity contribution in [2.24, 2.45) is 0 Å². The molecule has 0 bridgehead atoms. The molecular weight excluding hydrogens is 188 g/mol. The van der Waals surface area contributed by atoms with Crippen molar-refractivity contribution in [3.8, 4) is 0 Å². The Kier molecular flexibility index (Phi) is 2.56. The zero-order valence-corrected chi connectivity index (χ0v) is 8.46. The molecule has 2 nitrogen and oxygen atoms in total. The summed E-state index contributed by atoms with van der Waals surface area (Å²) >= 11 is 3.70. The number of rotatable bonds is 1. The summed E-state index contributed by atoms with van der Waals surface area (Å²) in [4.78, 5) is 5.46. The van der Waals surface area contributed by atoms with E-state index in [0.717, 1.165) is 5.92 Å². The van der Waals surface area contributed by atoms with Gasteiger partial charge in [0.05, 0.1) is 0 Å². The van der Waals surface area contributed by atoms with Crippen molar-refractivity contribution in [3.63, 3.8) is 0 Å². The van der Waals surface area contributed by atoms with Crippen molar-refractivity contribution in [1.82, 2.24) is 4.98 Å². The Morgan fingerprint density at radius 2 is 2.17 bits per heavy atom. The molecule has 0 saturated carbocycles. The molecule has 2 N–H and O–H groups in total. The van der Waals surface area contributed by atoms with Gasteiger partial charge in [-0.05, 0) is 30.3 Å². The van der Waals surface area contributed by atoms with Crippen LogP contribution in [0.25, 0.3) is 0 Å². The third kappa shape index (κ3) is 1.75. The van der Waals surface area contributed by atoms with Crippen molar-refractivity contribution in [3.05, 3.63) is 11.1 Å². The van der Waals surface area contributed by atoms with Crippen LogP contribution in [0.4, 0.5) is 5.13 Å². The minimum absolute atomic E-state index is 0.711. The highest BCUT2D eigenvalue weighted by Crippen LogP contribution is 2.34. The third-order valence-corrected chi connectivity index (χ3v) is 4.20. The van der Waals surface area contributed by atoms with Crippen LogP contribution < -0.4 is 5.73 Å². The summed E-state index contributed by atoms with van der Waals surface area (Å²) in [5.41, 5.74) is 5.59. The molecule has 0 aliphatic carbocycles. The monoisotopic (exact) mass is 200 g/mol. The van der Waals surface area contributed by atoms with Gasteiger partial charge in [-0.2, -0.15) is 11.8 Å². The van der Waals surface area contributed by atoms with Crippen molar-refractivity contribution in [1.29, 1.82) is 0 Å². The van der Waals surface area contributed by atoms with E-state index in [2.05, 4.69) is 16.7 Å². The van der Waals surface area contributed by atoms with Gasteiger partial charge in [-0.3, -0.25) is 0 Å². The standard InChI is InChI=1S/C8H12N2S2/c9-8-10-5-7(12-8)6-1-3-11-4-2-6/h5-6H,1-4H2,(H2,9,10). The molecule has 0 radical (unpaired) electrons. The normalized spacial score (nSPS) is 19.7. The van der Waals surface area contributed by atoms with Crippen LogP contribution in [0.1, 0.15) is 23.6 Å². The van der Waals surface area contributed by atoms with Gasteiger partial charge in [0.15, 0.2) is 5.13 Å². The fraction of sp³-hybridized carbons (Fsp3) is 0.625. The van der Waals surface area contributed by atoms with Crippen LogP contribution in [-0.2, 0) is 0 Å². The van der Waals surface area contributed by atoms with E-state index in [1.54, 1.807) is 11.3 Å². The molecule has 1 aliphatic heterocycles. The molecule has 4 heteroatoms. The van der Waals surface area contributed by atoms with E-state index in [1.165, 1.54) is 29.2 Å². The molecule has 66 valence electrons. The van der Waals surface area contributed by atoms with Gasteiger partial charge in [-0.1, -0.05) is 0 Å². The number of thioether (sulfide) groups is 1. The lowest BCUT2D eigenvalue weighted by atomic mass is 10.0. The van der Waals surface area contributed by atoms with Gasteiger partial charge in [0, 0.05) is 11.1 Å². The molecule has 0 spiro atoms. The minimum Gasteiger partial charge on any atom is -0.375 e. The maximum atomic E-state index is 5.59. The molecule has 0 aromatic carbocycles. The highest BCUT2D eigenvalue weighted by molar-refractivity contribution is 7.99. The average Bonchev–Trinajstić information content (AvgIpc) is 2.54. The number of aromatic nitrogens is 1. The maximum absolute atomic E-state index is 5.59. The van der Waals surface area contributed by atoms with Crippen LogP contribution in [0.15, 0.2) is 6.20 Å². The molecule has 0 unspecified atom stereocenters. The second kappa shape index (κ2) is 3.66. The van der Waals surface area contributed by atoms with E-state index < -0.39 is 0 Å². The van der Waals surface area contributed by atoms with Crippen LogP contribution in [0.2, 0.25) is 0 Å². The molecule has 1 aromatic rings. The topological polar surface area (TPSA) is 38.9 Å². The summed E-state index contributed by atoms with van der Waals surface area (Å²) in [7, 11) is 0. The van der Waals surface area contributed by atoms with Gasteiger partial charge in [0.2, 0.25) is 0 Å². The zero-order valence-electron chi connectivity index (χ0n) is 6.82. The van der Waals surface area contributed by atoms with Crippen LogP contribution in [0.3, 0.4) is 0 Å². The fourth-order valence-corrected chi connectivity index (χ4v) is 3.43. The first kappa shape index (κ1) is 8.38. The Labute approximate surface area is 80.6 Å². The summed E-state index contributed by atoms with van der Waals surface area (Å²) < 4.78 is 0. The van der Waals surface area contributed by atoms with E-state index in [0.29, 0.717) is 5.13 Å². The number of thiazole rings is 1. The Bertz CT molecular complexity index is 253. The molecule has 1 aromatic heterocycles. The number of nitrogens with two attached hydrogens (primary N) is 1. The predicted molar refractivity (Wildman–Crippen MR) is 55.8 cm³/mol. The molecule has 2 rings (SSSR count). The average molecular weight is 200 g/mol. The lowest BCUT2D eigenvalue weighted by Gasteiger charge is -2.19. The zero-order chi connectivity index (χ0) is 8.39. The highest BCUT2D eigenvalue weighted by atomic mass is 32.2. The molecule has 1 aliphatic rings. The van der Waals surface area contributed by atoms with Crippen molar-refractivity contribution in [2.75, 3.05) is 17.2 Å². The first-order valence-corrected chi connectivity index (χ1v) is 6.12. The van der Waals surface area contributed by atoms with Gasteiger partial charge < -0.3 is 5.73 Å². The lowest BCUT2D eigenvalue weighted by molar-refractivity contribution is 0.647. The van der Waals surface area contributed by atoms with Crippen LogP contribution >= 0.6 is 23.1 Å². The van der Waals surface area contributed by atoms with E-state index in [1.807, 2.05) is 6.20 Å². The smallest absolute Gasteiger partial charge is 0.180 e. The molecule has 1 saturated heterocycles. The Morgan fingerprint density at radius 3 is 2.75 bits per heavy atom. The van der Waals surface area contributed by atoms with E-state index in [9.17, 15) is 0 Å². The molecule has 1 fully saturated rings. The van der Waals surface area contributed by atoms with Crippen molar-refractivity contribution in [2.45, 2.75) is 18.8 Å². The fourth-order valence-electron chi connectivity index (χ4n) is 1.47. The van der Waals surface area contributed by atoms with Gasteiger partial charge in [0.25, 0.3) is 0 Å². The van der Waals surface area contributed by atoms with E-state index in [4.69, 9.17) is 5.73 Å². The summed E-state index contributed by atoms with van der Waals surface area (Å²) in [5.74, 6) is 3.33. The number of anilines is 1. The predicted octanol–water partition coefficient (Wildman–Crippen LogP) is 2.34. The summed E-state index contributed by atoms with van der Waals surface area (Å²) in [5, 5.41) is 0.711. The SMILES string of the molecule is Nc1ncc(C2CCSCC2)s1. The van der Waals surface area contributed by atoms with Crippen molar-refractivity contribution >= 4 is 28.2 Å². The summed E-state index contributed by atoms with van der Waals surface area (Å²) in [6.45, 7) is 0.